The number of hydrogen-bond acceptors (Lipinski definition) is 13. The van der Waals surface area contributed by atoms with E-state index in [1.54, 1.807) is 26.2 Å². The quantitative estimate of drug-likeness (QED) is 0.0785. The fourth-order valence-electron chi connectivity index (χ4n) is 6.56. The minimum atomic E-state index is -0.632. The molecule has 0 aliphatic rings. The van der Waals surface area contributed by atoms with Crippen molar-refractivity contribution >= 4 is 33.7 Å². The number of aryl methyl sites for hydroxylation is 3. The highest BCUT2D eigenvalue weighted by molar-refractivity contribution is 5.90. The SMILES string of the molecule is Cc1cc(-c2nc(-c3ccc4c(CCC(=O)OC(=O)CCc5c[nH]c6cc(-c7noc(-c8cnc(OC(C)C)c(F)c8)n7)ccc56)c[nH]c4c3)no2)cnc1OC(C)C. The van der Waals surface area contributed by atoms with Crippen LogP contribution in [0.5, 0.6) is 11.8 Å². The summed E-state index contributed by atoms with van der Waals surface area (Å²) in [5.74, 6) is -0.202. The van der Waals surface area contributed by atoms with Gasteiger partial charge in [-0.1, -0.05) is 34.6 Å². The smallest absolute Gasteiger partial charge is 0.313 e. The van der Waals surface area contributed by atoms with E-state index in [-0.39, 0.29) is 36.8 Å². The predicted molar refractivity (Wildman–Crippen MR) is 214 cm³/mol. The normalized spacial score (nSPS) is 11.6. The number of carbonyl (C=O) groups excluding carboxylic acids is 2. The Labute approximate surface area is 336 Å². The predicted octanol–water partition coefficient (Wildman–Crippen LogP) is 8.53. The molecular weight excluding hydrogens is 760 g/mol. The number of pyridine rings is 2. The number of nitrogens with one attached hydrogen (secondary N) is 2. The summed E-state index contributed by atoms with van der Waals surface area (Å²) in [7, 11) is 0. The second-order valence-corrected chi connectivity index (χ2v) is 14.5. The van der Waals surface area contributed by atoms with E-state index in [0.717, 1.165) is 44.1 Å². The largest absolute Gasteiger partial charge is 0.475 e. The van der Waals surface area contributed by atoms with Gasteiger partial charge in [0, 0.05) is 63.3 Å². The molecule has 0 amide bonds. The van der Waals surface area contributed by atoms with Crippen molar-refractivity contribution in [2.24, 2.45) is 0 Å². The molecule has 0 aliphatic carbocycles. The molecule has 59 heavy (non-hydrogen) atoms. The minimum Gasteiger partial charge on any atom is -0.475 e. The summed E-state index contributed by atoms with van der Waals surface area (Å²) in [5.41, 5.74) is 6.69. The number of aromatic amines is 2. The Morgan fingerprint density at radius 2 is 1.17 bits per heavy atom. The van der Waals surface area contributed by atoms with Gasteiger partial charge < -0.3 is 33.2 Å². The maximum absolute atomic E-state index is 14.5. The standard InChI is InChI=1S/C43H39FN8O7/c1-22(2)55-40-24(5)14-29(20-47-40)41-49-38(51-58-41)25-6-10-31-27(18-45-34(31)16-25)8-12-36(53)57-37(54)13-9-28-19-46-35-17-26(7-11-32(28)35)39-50-42(59-52-39)30-15-33(44)43(48-21-30)56-23(3)4/h6-7,10-11,14-23,45-46H,8-9,12-13H2,1-5H3. The van der Waals surface area contributed by atoms with Crippen LogP contribution < -0.4 is 9.47 Å². The van der Waals surface area contributed by atoms with Crippen LogP contribution in [0.2, 0.25) is 0 Å². The Morgan fingerprint density at radius 1 is 0.678 bits per heavy atom. The third-order valence-corrected chi connectivity index (χ3v) is 9.35. The third kappa shape index (κ3) is 8.56. The topological polar surface area (TPSA) is 197 Å². The lowest BCUT2D eigenvalue weighted by molar-refractivity contribution is -0.159. The summed E-state index contributed by atoms with van der Waals surface area (Å²) in [6.07, 6.45) is 7.26. The summed E-state index contributed by atoms with van der Waals surface area (Å²) < 4.78 is 41.7. The molecule has 0 aliphatic heterocycles. The van der Waals surface area contributed by atoms with Crippen molar-refractivity contribution in [3.8, 4) is 57.4 Å². The van der Waals surface area contributed by atoms with Crippen LogP contribution in [0, 0.1) is 12.7 Å². The van der Waals surface area contributed by atoms with E-state index in [9.17, 15) is 14.0 Å². The van der Waals surface area contributed by atoms with E-state index in [4.69, 9.17) is 23.3 Å². The van der Waals surface area contributed by atoms with E-state index in [1.165, 1.54) is 12.3 Å². The second-order valence-electron chi connectivity index (χ2n) is 14.5. The Morgan fingerprint density at radius 3 is 1.66 bits per heavy atom. The lowest BCUT2D eigenvalue weighted by Crippen LogP contribution is -2.13. The number of hydrogen-bond donors (Lipinski definition) is 2. The van der Waals surface area contributed by atoms with Crippen molar-refractivity contribution in [2.45, 2.75) is 72.5 Å². The number of ether oxygens (including phenoxy) is 3. The van der Waals surface area contributed by atoms with Gasteiger partial charge in [0.25, 0.3) is 17.7 Å². The van der Waals surface area contributed by atoms with Gasteiger partial charge in [0.05, 0.1) is 36.2 Å². The van der Waals surface area contributed by atoms with Crippen LogP contribution >= 0.6 is 0 Å². The molecule has 2 aromatic carbocycles. The highest BCUT2D eigenvalue weighted by Gasteiger charge is 2.19. The molecular formula is C43H39FN8O7. The Kier molecular flexibility index (Phi) is 10.7. The van der Waals surface area contributed by atoms with Crippen molar-refractivity contribution in [1.82, 2.24) is 40.2 Å². The van der Waals surface area contributed by atoms with Crippen molar-refractivity contribution in [3.63, 3.8) is 0 Å². The number of nitrogens with zero attached hydrogens (tertiary/aromatic N) is 6. The van der Waals surface area contributed by atoms with Gasteiger partial charge in [-0.3, -0.25) is 9.59 Å². The zero-order valence-electron chi connectivity index (χ0n) is 32.8. The highest BCUT2D eigenvalue weighted by Crippen LogP contribution is 2.31. The molecule has 15 nitrogen and oxygen atoms in total. The van der Waals surface area contributed by atoms with Gasteiger partial charge in [0.15, 0.2) is 5.82 Å². The number of aromatic nitrogens is 8. The van der Waals surface area contributed by atoms with Gasteiger partial charge in [0.2, 0.25) is 17.5 Å². The number of carbonyl (C=O) groups is 2. The number of fused-ring (bicyclic) bond motifs is 2. The summed E-state index contributed by atoms with van der Waals surface area (Å²) in [5, 5.41) is 10.0. The average molecular weight is 799 g/mol. The summed E-state index contributed by atoms with van der Waals surface area (Å²) in [6.45, 7) is 9.37. The minimum absolute atomic E-state index is 0.00807. The number of H-pyrrole nitrogens is 2. The van der Waals surface area contributed by atoms with Crippen molar-refractivity contribution < 1.29 is 37.2 Å². The fraction of sp³-hybridized carbons (Fsp3) is 0.256. The molecule has 300 valence electrons. The first-order chi connectivity index (χ1) is 28.5. The Hall–Kier alpha value is -7.23. The molecule has 0 atom stereocenters. The molecule has 0 saturated heterocycles. The number of rotatable bonds is 14. The number of benzene rings is 2. The Bertz CT molecular complexity index is 2630. The Balaban J connectivity index is 0.834. The fourth-order valence-corrected chi connectivity index (χ4v) is 6.56. The summed E-state index contributed by atoms with van der Waals surface area (Å²) in [4.78, 5) is 49.3. The number of esters is 2. The molecule has 6 aromatic heterocycles. The molecule has 0 saturated carbocycles. The van der Waals surface area contributed by atoms with Crippen molar-refractivity contribution in [1.29, 1.82) is 0 Å². The molecule has 8 rings (SSSR count). The molecule has 0 radical (unpaired) electrons. The summed E-state index contributed by atoms with van der Waals surface area (Å²) in [6, 6.07) is 14.4. The lowest BCUT2D eigenvalue weighted by Gasteiger charge is -2.10. The van der Waals surface area contributed by atoms with Crippen LogP contribution in [0.3, 0.4) is 0 Å². The van der Waals surface area contributed by atoms with Crippen LogP contribution in [0.25, 0.3) is 67.5 Å². The maximum Gasteiger partial charge on any atom is 0.313 e. The van der Waals surface area contributed by atoms with Gasteiger partial charge in [-0.25, -0.2) is 14.4 Å². The van der Waals surface area contributed by atoms with Gasteiger partial charge in [-0.05, 0) is 82.9 Å². The molecule has 0 unspecified atom stereocenters. The first-order valence-electron chi connectivity index (χ1n) is 19.1. The molecule has 8 aromatic rings. The van der Waals surface area contributed by atoms with Crippen LogP contribution in [0.15, 0.2) is 82.4 Å². The highest BCUT2D eigenvalue weighted by atomic mass is 19.1. The average Bonchev–Trinajstić information content (AvgIpc) is 4.04. The van der Waals surface area contributed by atoms with Gasteiger partial charge in [-0.2, -0.15) is 9.97 Å². The van der Waals surface area contributed by atoms with Gasteiger partial charge >= 0.3 is 11.9 Å². The van der Waals surface area contributed by atoms with E-state index < -0.39 is 17.8 Å². The molecule has 0 bridgehead atoms. The van der Waals surface area contributed by atoms with E-state index in [2.05, 4.69) is 40.2 Å². The second kappa shape index (κ2) is 16.3. The third-order valence-electron chi connectivity index (χ3n) is 9.35. The summed E-state index contributed by atoms with van der Waals surface area (Å²) >= 11 is 0. The van der Waals surface area contributed by atoms with Gasteiger partial charge in [0.1, 0.15) is 0 Å². The first kappa shape index (κ1) is 38.6. The maximum atomic E-state index is 14.5. The van der Waals surface area contributed by atoms with E-state index in [1.807, 2.05) is 69.4 Å². The molecule has 6 heterocycles. The van der Waals surface area contributed by atoms with Crippen LogP contribution in [-0.4, -0.2) is 64.4 Å². The van der Waals surface area contributed by atoms with Crippen LogP contribution in [0.1, 0.15) is 57.2 Å². The molecule has 16 heteroatoms. The van der Waals surface area contributed by atoms with Crippen molar-refractivity contribution in [3.05, 3.63) is 95.8 Å². The van der Waals surface area contributed by atoms with Crippen LogP contribution in [-0.2, 0) is 27.2 Å². The lowest BCUT2D eigenvalue weighted by atomic mass is 10.1. The van der Waals surface area contributed by atoms with E-state index >= 15 is 0 Å². The number of halogens is 1. The first-order valence-corrected chi connectivity index (χ1v) is 19.1. The zero-order chi connectivity index (χ0) is 41.2. The van der Waals surface area contributed by atoms with E-state index in [0.29, 0.717) is 53.0 Å². The monoisotopic (exact) mass is 798 g/mol. The molecule has 2 N–H and O–H groups in total. The molecule has 0 spiro atoms. The zero-order valence-corrected chi connectivity index (χ0v) is 32.8. The van der Waals surface area contributed by atoms with Gasteiger partial charge in [-0.15, -0.1) is 0 Å². The molecule has 0 fully saturated rings. The van der Waals surface area contributed by atoms with Crippen LogP contribution in [0.4, 0.5) is 4.39 Å². The van der Waals surface area contributed by atoms with Crippen molar-refractivity contribution in [2.75, 3.05) is 0 Å².